The van der Waals surface area contributed by atoms with Crippen LogP contribution in [0.1, 0.15) is 54.3 Å². The number of rotatable bonds is 11. The fraction of sp³-hybridized carbons (Fsp3) is 0.360. The summed E-state index contributed by atoms with van der Waals surface area (Å²) in [6, 6.07) is 7.95. The van der Waals surface area contributed by atoms with Gasteiger partial charge in [-0.1, -0.05) is 37.6 Å². The van der Waals surface area contributed by atoms with E-state index >= 15 is 0 Å². The summed E-state index contributed by atoms with van der Waals surface area (Å²) in [7, 11) is 0. The maximum Gasteiger partial charge on any atom is 0.305 e. The van der Waals surface area contributed by atoms with Crippen LogP contribution in [0.2, 0.25) is 5.02 Å². The third kappa shape index (κ3) is 7.03. The second-order valence-electron chi connectivity index (χ2n) is 8.08. The molecule has 2 atom stereocenters. The van der Waals surface area contributed by atoms with Crippen LogP contribution in [0.15, 0.2) is 42.7 Å². The summed E-state index contributed by atoms with van der Waals surface area (Å²) in [5.41, 5.74) is 3.24. The van der Waals surface area contributed by atoms with Crippen LogP contribution in [-0.2, 0) is 9.53 Å². The minimum Gasteiger partial charge on any atom is -0.463 e. The molecule has 2 heterocycles. The molecule has 3 aromatic rings. The molecule has 9 nitrogen and oxygen atoms in total. The maximum atomic E-state index is 12.8. The minimum absolute atomic E-state index is 0.129. The zero-order valence-electron chi connectivity index (χ0n) is 20.0. The highest BCUT2D eigenvalue weighted by atomic mass is 35.5. The molecule has 1 amide bonds. The molecule has 186 valence electrons. The lowest BCUT2D eigenvalue weighted by atomic mass is 10.1. The number of benzene rings is 1. The molecule has 4 N–H and O–H groups in total. The molecule has 0 spiro atoms. The van der Waals surface area contributed by atoms with Crippen molar-refractivity contribution in [1.29, 1.82) is 0 Å². The number of carbonyl (C=O) groups excluding carboxylic acids is 2. The third-order valence-electron chi connectivity index (χ3n) is 5.47. The number of aromatic nitrogens is 3. The number of ether oxygens (including phenoxy) is 1. The Bertz CT molecular complexity index is 1170. The van der Waals surface area contributed by atoms with Crippen LogP contribution in [0.3, 0.4) is 0 Å². The van der Waals surface area contributed by atoms with Gasteiger partial charge in [0.1, 0.15) is 12.3 Å². The molecule has 0 aliphatic rings. The van der Waals surface area contributed by atoms with Crippen LogP contribution in [0.25, 0.3) is 11.3 Å². The first-order valence-electron chi connectivity index (χ1n) is 11.5. The van der Waals surface area contributed by atoms with Crippen molar-refractivity contribution in [3.8, 4) is 11.3 Å². The van der Waals surface area contributed by atoms with Crippen LogP contribution in [0, 0.1) is 6.92 Å². The zero-order chi connectivity index (χ0) is 25.4. The molecule has 1 aromatic carbocycles. The van der Waals surface area contributed by atoms with E-state index in [2.05, 4.69) is 25.6 Å². The number of aromatic amines is 1. The Balaban J connectivity index is 1.73. The van der Waals surface area contributed by atoms with E-state index in [-0.39, 0.29) is 31.1 Å². The van der Waals surface area contributed by atoms with Crippen molar-refractivity contribution in [3.63, 3.8) is 0 Å². The number of H-pyrrole nitrogens is 1. The molecule has 0 aliphatic carbocycles. The molecule has 3 rings (SSSR count). The predicted molar refractivity (Wildman–Crippen MR) is 134 cm³/mol. The Morgan fingerprint density at radius 3 is 2.74 bits per heavy atom. The van der Waals surface area contributed by atoms with Gasteiger partial charge in [0, 0.05) is 29.4 Å². The fourth-order valence-electron chi connectivity index (χ4n) is 3.40. The normalized spacial score (nSPS) is 12.6. The average molecular weight is 500 g/mol. The van der Waals surface area contributed by atoms with E-state index in [4.69, 9.17) is 16.3 Å². The predicted octanol–water partition coefficient (Wildman–Crippen LogP) is 4.04. The Kier molecular flexibility index (Phi) is 9.22. The van der Waals surface area contributed by atoms with Crippen molar-refractivity contribution in [2.75, 3.05) is 18.5 Å². The quantitative estimate of drug-likeness (QED) is 0.293. The smallest absolute Gasteiger partial charge is 0.305 e. The highest BCUT2D eigenvalue weighted by Crippen LogP contribution is 2.24. The van der Waals surface area contributed by atoms with E-state index < -0.39 is 6.04 Å². The van der Waals surface area contributed by atoms with Crippen LogP contribution in [-0.4, -0.2) is 51.2 Å². The first-order valence-corrected chi connectivity index (χ1v) is 11.8. The van der Waals surface area contributed by atoms with Gasteiger partial charge in [0.2, 0.25) is 5.95 Å². The number of hydrogen-bond acceptors (Lipinski definition) is 7. The van der Waals surface area contributed by atoms with Crippen LogP contribution >= 0.6 is 11.6 Å². The monoisotopic (exact) mass is 499 g/mol. The molecular weight excluding hydrogens is 470 g/mol. The van der Waals surface area contributed by atoms with Crippen LogP contribution < -0.4 is 10.6 Å². The fourth-order valence-corrected chi connectivity index (χ4v) is 3.60. The number of nitrogens with zero attached hydrogens (tertiary/aromatic N) is 2. The molecule has 0 saturated heterocycles. The molecular formula is C25H30ClN5O4. The standard InChI is InChI=1S/C25H30ClN5O4/c1-4-19(14-35-22(33)5-2)29-25-28-11-15(3)23(31-25)17-10-20(27-12-17)24(34)30-21(13-32)16-7-6-8-18(26)9-16/h6-12,19,21,27,32H,4-5,13-14H2,1-3H3,(H,30,34)(H,28,29,31)/t19-,21-/m1/s1. The number of aliphatic hydroxyl groups excluding tert-OH is 1. The summed E-state index contributed by atoms with van der Waals surface area (Å²) in [5.74, 6) is -0.227. The van der Waals surface area contributed by atoms with Gasteiger partial charge in [0.05, 0.1) is 24.4 Å². The van der Waals surface area contributed by atoms with Gasteiger partial charge in [-0.05, 0) is 42.7 Å². The van der Waals surface area contributed by atoms with Gasteiger partial charge in [0.25, 0.3) is 5.91 Å². The van der Waals surface area contributed by atoms with Gasteiger partial charge in [-0.2, -0.15) is 0 Å². The van der Waals surface area contributed by atoms with Crippen molar-refractivity contribution < 1.29 is 19.4 Å². The van der Waals surface area contributed by atoms with E-state index in [1.165, 1.54) is 0 Å². The van der Waals surface area contributed by atoms with Gasteiger partial charge >= 0.3 is 5.97 Å². The van der Waals surface area contributed by atoms with Gasteiger partial charge in [0.15, 0.2) is 0 Å². The molecule has 10 heteroatoms. The molecule has 0 unspecified atom stereocenters. The van der Waals surface area contributed by atoms with Crippen molar-refractivity contribution in [2.24, 2.45) is 0 Å². The van der Waals surface area contributed by atoms with E-state index in [0.29, 0.717) is 39.9 Å². The molecule has 2 aromatic heterocycles. The third-order valence-corrected chi connectivity index (χ3v) is 5.71. The van der Waals surface area contributed by atoms with Gasteiger partial charge in [-0.3, -0.25) is 9.59 Å². The first kappa shape index (κ1) is 26.2. The average Bonchev–Trinajstić information content (AvgIpc) is 3.36. The van der Waals surface area contributed by atoms with E-state index in [9.17, 15) is 14.7 Å². The number of halogens is 1. The Morgan fingerprint density at radius 2 is 2.06 bits per heavy atom. The summed E-state index contributed by atoms with van der Waals surface area (Å²) in [5, 5.41) is 16.3. The number of esters is 1. The highest BCUT2D eigenvalue weighted by Gasteiger charge is 2.18. The van der Waals surface area contributed by atoms with Gasteiger partial charge in [-0.25, -0.2) is 9.97 Å². The lowest BCUT2D eigenvalue weighted by Gasteiger charge is -2.17. The molecule has 0 bridgehead atoms. The molecule has 0 saturated carbocycles. The number of hydrogen-bond donors (Lipinski definition) is 4. The summed E-state index contributed by atoms with van der Waals surface area (Å²) in [6.45, 7) is 5.56. The van der Waals surface area contributed by atoms with Crippen molar-refractivity contribution in [2.45, 2.75) is 45.7 Å². The van der Waals surface area contributed by atoms with Crippen molar-refractivity contribution >= 4 is 29.4 Å². The topological polar surface area (TPSA) is 129 Å². The van der Waals surface area contributed by atoms with E-state index in [1.54, 1.807) is 49.6 Å². The summed E-state index contributed by atoms with van der Waals surface area (Å²) in [4.78, 5) is 36.2. The Morgan fingerprint density at radius 1 is 1.26 bits per heavy atom. The molecule has 0 radical (unpaired) electrons. The lowest BCUT2D eigenvalue weighted by Crippen LogP contribution is -2.31. The number of anilines is 1. The maximum absolute atomic E-state index is 12.8. The van der Waals surface area contributed by atoms with E-state index in [1.807, 2.05) is 13.8 Å². The Hall–Kier alpha value is -3.43. The SMILES string of the molecule is CCC(=O)OC[C@@H](CC)Nc1ncc(C)c(-c2c[nH]c(C(=O)N[C@H](CO)c3cccc(Cl)c3)c2)n1. The van der Waals surface area contributed by atoms with Gasteiger partial charge in [-0.15, -0.1) is 0 Å². The van der Waals surface area contributed by atoms with Gasteiger partial charge < -0.3 is 25.5 Å². The zero-order valence-corrected chi connectivity index (χ0v) is 20.7. The second-order valence-corrected chi connectivity index (χ2v) is 8.51. The number of aliphatic hydroxyl groups is 1. The minimum atomic E-state index is -0.600. The Labute approximate surface area is 209 Å². The van der Waals surface area contributed by atoms with Crippen molar-refractivity contribution in [3.05, 3.63) is 64.6 Å². The number of amides is 1. The summed E-state index contributed by atoms with van der Waals surface area (Å²) >= 11 is 6.04. The highest BCUT2D eigenvalue weighted by molar-refractivity contribution is 6.30. The first-order chi connectivity index (χ1) is 16.8. The van der Waals surface area contributed by atoms with E-state index in [0.717, 1.165) is 12.0 Å². The molecule has 0 aliphatic heterocycles. The largest absolute Gasteiger partial charge is 0.463 e. The second kappa shape index (κ2) is 12.3. The lowest BCUT2D eigenvalue weighted by molar-refractivity contribution is -0.143. The van der Waals surface area contributed by atoms with Crippen LogP contribution in [0.4, 0.5) is 5.95 Å². The summed E-state index contributed by atoms with van der Waals surface area (Å²) in [6.07, 6.45) is 4.44. The summed E-state index contributed by atoms with van der Waals surface area (Å²) < 4.78 is 5.23. The number of aryl methyl sites for hydroxylation is 1. The van der Waals surface area contributed by atoms with Crippen LogP contribution in [0.5, 0.6) is 0 Å². The number of carbonyl (C=O) groups is 2. The van der Waals surface area contributed by atoms with Crippen molar-refractivity contribution in [1.82, 2.24) is 20.3 Å². The molecule has 35 heavy (non-hydrogen) atoms. The molecule has 0 fully saturated rings. The number of nitrogens with one attached hydrogen (secondary N) is 3.